The van der Waals surface area contributed by atoms with Crippen LogP contribution in [0, 0.1) is 0 Å². The minimum Gasteiger partial charge on any atom is -0.454 e. The number of benzene rings is 1. The van der Waals surface area contributed by atoms with E-state index in [9.17, 15) is 0 Å². The number of nitrogens with one attached hydrogen (secondary N) is 1. The van der Waals surface area contributed by atoms with Gasteiger partial charge in [-0.2, -0.15) is 0 Å². The summed E-state index contributed by atoms with van der Waals surface area (Å²) in [7, 11) is 0. The highest BCUT2D eigenvalue weighted by atomic mass is 35.5. The molecule has 5 heteroatoms. The van der Waals surface area contributed by atoms with Crippen molar-refractivity contribution in [1.82, 2.24) is 15.3 Å². The standard InChI is InChI=1S/C16H20ClN3O/c1-4-18-9-14-15(10-19-16(20-14)11(2)3)21-13-7-5-6-12(17)8-13/h5-8,10-11,18H,4,9H2,1-3H3. The molecule has 0 atom stereocenters. The molecule has 1 aromatic carbocycles. The Balaban J connectivity index is 2.28. The lowest BCUT2D eigenvalue weighted by Gasteiger charge is -2.13. The van der Waals surface area contributed by atoms with Gasteiger partial charge >= 0.3 is 0 Å². The Hall–Kier alpha value is -1.65. The maximum Gasteiger partial charge on any atom is 0.168 e. The van der Waals surface area contributed by atoms with Crippen LogP contribution in [-0.2, 0) is 6.54 Å². The first-order valence-corrected chi connectivity index (χ1v) is 7.48. The fraction of sp³-hybridized carbons (Fsp3) is 0.375. The van der Waals surface area contributed by atoms with Crippen molar-refractivity contribution in [3.63, 3.8) is 0 Å². The van der Waals surface area contributed by atoms with Gasteiger partial charge in [-0.3, -0.25) is 0 Å². The molecule has 2 aromatic rings. The van der Waals surface area contributed by atoms with E-state index in [2.05, 4.69) is 36.1 Å². The van der Waals surface area contributed by atoms with Gasteiger partial charge in [-0.15, -0.1) is 0 Å². The molecule has 0 unspecified atom stereocenters. The summed E-state index contributed by atoms with van der Waals surface area (Å²) >= 11 is 5.98. The summed E-state index contributed by atoms with van der Waals surface area (Å²) in [6.45, 7) is 7.72. The third-order valence-electron chi connectivity index (χ3n) is 2.93. The molecular weight excluding hydrogens is 286 g/mol. The minimum atomic E-state index is 0.283. The molecule has 1 aromatic heterocycles. The SMILES string of the molecule is CCNCc1nc(C(C)C)ncc1Oc1cccc(Cl)c1. The summed E-state index contributed by atoms with van der Waals surface area (Å²) in [5.41, 5.74) is 0.857. The van der Waals surface area contributed by atoms with Gasteiger partial charge in [-0.25, -0.2) is 9.97 Å². The van der Waals surface area contributed by atoms with Crippen molar-refractivity contribution in [2.45, 2.75) is 33.2 Å². The molecule has 0 fully saturated rings. The van der Waals surface area contributed by atoms with Crippen molar-refractivity contribution in [2.75, 3.05) is 6.54 Å². The van der Waals surface area contributed by atoms with E-state index >= 15 is 0 Å². The smallest absolute Gasteiger partial charge is 0.168 e. The normalized spacial score (nSPS) is 10.9. The van der Waals surface area contributed by atoms with Crippen molar-refractivity contribution in [2.24, 2.45) is 0 Å². The van der Waals surface area contributed by atoms with Crippen LogP contribution >= 0.6 is 11.6 Å². The summed E-state index contributed by atoms with van der Waals surface area (Å²) < 4.78 is 5.87. The molecule has 0 saturated heterocycles. The third kappa shape index (κ3) is 4.41. The molecule has 0 aliphatic heterocycles. The third-order valence-corrected chi connectivity index (χ3v) is 3.17. The Morgan fingerprint density at radius 1 is 1.33 bits per heavy atom. The number of halogens is 1. The molecule has 0 radical (unpaired) electrons. The van der Waals surface area contributed by atoms with Crippen molar-refractivity contribution in [3.05, 3.63) is 47.0 Å². The van der Waals surface area contributed by atoms with E-state index in [0.717, 1.165) is 18.1 Å². The molecule has 0 spiro atoms. The van der Waals surface area contributed by atoms with Gasteiger partial charge in [0.1, 0.15) is 17.3 Å². The predicted molar refractivity (Wildman–Crippen MR) is 85.0 cm³/mol. The molecule has 1 N–H and O–H groups in total. The maximum atomic E-state index is 5.98. The lowest BCUT2D eigenvalue weighted by Crippen LogP contribution is -2.15. The molecule has 112 valence electrons. The fourth-order valence-corrected chi connectivity index (χ4v) is 1.99. The Morgan fingerprint density at radius 2 is 2.14 bits per heavy atom. The topological polar surface area (TPSA) is 47.0 Å². The summed E-state index contributed by atoms with van der Waals surface area (Å²) in [4.78, 5) is 8.97. The van der Waals surface area contributed by atoms with Gasteiger partial charge in [0.15, 0.2) is 5.75 Å². The van der Waals surface area contributed by atoms with E-state index in [4.69, 9.17) is 16.3 Å². The lowest BCUT2D eigenvalue weighted by molar-refractivity contribution is 0.463. The fourth-order valence-electron chi connectivity index (χ4n) is 1.81. The summed E-state index contributed by atoms with van der Waals surface area (Å²) in [6.07, 6.45) is 1.73. The molecule has 1 heterocycles. The Kier molecular flexibility index (Phi) is 5.53. The van der Waals surface area contributed by atoms with Gasteiger partial charge in [-0.1, -0.05) is 38.4 Å². The molecule has 0 amide bonds. The number of hydrogen-bond acceptors (Lipinski definition) is 4. The van der Waals surface area contributed by atoms with Gasteiger partial charge in [0.05, 0.1) is 6.20 Å². The van der Waals surface area contributed by atoms with Crippen LogP contribution in [0.3, 0.4) is 0 Å². The highest BCUT2D eigenvalue weighted by molar-refractivity contribution is 6.30. The second-order valence-corrected chi connectivity index (χ2v) is 5.47. The predicted octanol–water partition coefficient (Wildman–Crippen LogP) is 4.16. The van der Waals surface area contributed by atoms with E-state index in [1.165, 1.54) is 0 Å². The number of hydrogen-bond donors (Lipinski definition) is 1. The molecule has 4 nitrogen and oxygen atoms in total. The highest BCUT2D eigenvalue weighted by Gasteiger charge is 2.11. The van der Waals surface area contributed by atoms with E-state index < -0.39 is 0 Å². The number of aromatic nitrogens is 2. The van der Waals surface area contributed by atoms with Crippen LogP contribution in [0.1, 0.15) is 38.2 Å². The first-order valence-electron chi connectivity index (χ1n) is 7.10. The van der Waals surface area contributed by atoms with Crippen LogP contribution in [0.2, 0.25) is 5.02 Å². The summed E-state index contributed by atoms with van der Waals surface area (Å²) in [5.74, 6) is 2.44. The van der Waals surface area contributed by atoms with Gasteiger partial charge in [0.25, 0.3) is 0 Å². The van der Waals surface area contributed by atoms with Gasteiger partial charge in [0.2, 0.25) is 0 Å². The van der Waals surface area contributed by atoms with Crippen LogP contribution < -0.4 is 10.1 Å². The molecule has 2 rings (SSSR count). The molecular formula is C16H20ClN3O. The van der Waals surface area contributed by atoms with Crippen molar-refractivity contribution in [3.8, 4) is 11.5 Å². The second kappa shape index (κ2) is 7.38. The van der Waals surface area contributed by atoms with Crippen LogP contribution in [0.25, 0.3) is 0 Å². The van der Waals surface area contributed by atoms with Crippen LogP contribution in [-0.4, -0.2) is 16.5 Å². The lowest BCUT2D eigenvalue weighted by atomic mass is 10.2. The molecule has 21 heavy (non-hydrogen) atoms. The summed E-state index contributed by atoms with van der Waals surface area (Å²) in [6, 6.07) is 7.30. The van der Waals surface area contributed by atoms with Crippen molar-refractivity contribution < 1.29 is 4.74 Å². The minimum absolute atomic E-state index is 0.283. The quantitative estimate of drug-likeness (QED) is 0.870. The Morgan fingerprint density at radius 3 is 2.81 bits per heavy atom. The zero-order valence-electron chi connectivity index (χ0n) is 12.6. The average Bonchev–Trinajstić information content (AvgIpc) is 2.46. The average molecular weight is 306 g/mol. The second-order valence-electron chi connectivity index (χ2n) is 5.03. The van der Waals surface area contributed by atoms with Gasteiger partial charge < -0.3 is 10.1 Å². The Labute approximate surface area is 130 Å². The van der Waals surface area contributed by atoms with Crippen LogP contribution in [0.4, 0.5) is 0 Å². The van der Waals surface area contributed by atoms with Gasteiger partial charge in [-0.05, 0) is 24.7 Å². The van der Waals surface area contributed by atoms with Crippen LogP contribution in [0.5, 0.6) is 11.5 Å². The van der Waals surface area contributed by atoms with E-state index in [1.807, 2.05) is 18.2 Å². The maximum absolute atomic E-state index is 5.98. The zero-order chi connectivity index (χ0) is 15.2. The Bertz CT molecular complexity index is 602. The molecule has 0 bridgehead atoms. The first-order chi connectivity index (χ1) is 10.1. The van der Waals surface area contributed by atoms with Gasteiger partial charge in [0, 0.05) is 17.5 Å². The summed E-state index contributed by atoms with van der Waals surface area (Å²) in [5, 5.41) is 3.91. The van der Waals surface area contributed by atoms with Crippen molar-refractivity contribution >= 4 is 11.6 Å². The number of ether oxygens (including phenoxy) is 1. The molecule has 0 aliphatic carbocycles. The van der Waals surface area contributed by atoms with E-state index in [0.29, 0.717) is 23.1 Å². The first kappa shape index (κ1) is 15.7. The van der Waals surface area contributed by atoms with E-state index in [-0.39, 0.29) is 5.92 Å². The largest absolute Gasteiger partial charge is 0.454 e. The number of nitrogens with zero attached hydrogens (tertiary/aromatic N) is 2. The monoisotopic (exact) mass is 305 g/mol. The zero-order valence-corrected chi connectivity index (χ0v) is 13.3. The van der Waals surface area contributed by atoms with Crippen molar-refractivity contribution in [1.29, 1.82) is 0 Å². The highest BCUT2D eigenvalue weighted by Crippen LogP contribution is 2.26. The van der Waals surface area contributed by atoms with Crippen LogP contribution in [0.15, 0.2) is 30.5 Å². The number of rotatable bonds is 6. The molecule has 0 saturated carbocycles. The molecule has 0 aliphatic rings. The van der Waals surface area contributed by atoms with E-state index in [1.54, 1.807) is 12.3 Å².